The summed E-state index contributed by atoms with van der Waals surface area (Å²) in [6, 6.07) is 0.152. The summed E-state index contributed by atoms with van der Waals surface area (Å²) in [5.41, 5.74) is 2.66. The summed E-state index contributed by atoms with van der Waals surface area (Å²) in [5.74, 6) is 0. The second kappa shape index (κ2) is 4.74. The summed E-state index contributed by atoms with van der Waals surface area (Å²) in [6.07, 6.45) is -0.293. The van der Waals surface area contributed by atoms with Crippen molar-refractivity contribution in [3.8, 4) is 0 Å². The zero-order valence-corrected chi connectivity index (χ0v) is 9.19. The molecule has 0 saturated carbocycles. The van der Waals surface area contributed by atoms with Crippen LogP contribution in [-0.2, 0) is 6.54 Å². The minimum Gasteiger partial charge on any atom is -0.392 e. The van der Waals surface area contributed by atoms with Gasteiger partial charge in [-0.3, -0.25) is 0 Å². The average Bonchev–Trinajstić information content (AvgIpc) is 2.47. The molecule has 0 saturated heterocycles. The molecule has 0 bridgehead atoms. The maximum absolute atomic E-state index is 9.26. The molecule has 1 aromatic heterocycles. The molecule has 2 nitrogen and oxygen atoms in total. The molecule has 0 spiro atoms. The molecule has 0 aliphatic rings. The van der Waals surface area contributed by atoms with Crippen LogP contribution in [0.2, 0.25) is 0 Å². The molecule has 0 aliphatic carbocycles. The van der Waals surface area contributed by atoms with Crippen LogP contribution < -0.4 is 5.32 Å². The van der Waals surface area contributed by atoms with Crippen LogP contribution in [0.5, 0.6) is 0 Å². The predicted molar refractivity (Wildman–Crippen MR) is 57.0 cm³/mol. The first-order valence-corrected chi connectivity index (χ1v) is 5.48. The molecule has 2 N–H and O–H groups in total. The summed E-state index contributed by atoms with van der Waals surface area (Å²) >= 11 is 1.72. The van der Waals surface area contributed by atoms with Gasteiger partial charge >= 0.3 is 0 Å². The van der Waals surface area contributed by atoms with Crippen LogP contribution in [0.3, 0.4) is 0 Å². The largest absolute Gasteiger partial charge is 0.392 e. The Kier molecular flexibility index (Phi) is 3.90. The van der Waals surface area contributed by atoms with E-state index in [-0.39, 0.29) is 12.1 Å². The SMILES string of the molecule is Cc1cscc1CNC(C)C(C)O. The molecular formula is C10H17NOS. The molecule has 2 unspecified atom stereocenters. The first kappa shape index (κ1) is 10.7. The van der Waals surface area contributed by atoms with E-state index in [1.807, 2.05) is 6.92 Å². The molecule has 1 heterocycles. The van der Waals surface area contributed by atoms with Gasteiger partial charge < -0.3 is 10.4 Å². The van der Waals surface area contributed by atoms with Crippen LogP contribution in [0.25, 0.3) is 0 Å². The van der Waals surface area contributed by atoms with Gasteiger partial charge in [0.05, 0.1) is 6.10 Å². The number of aliphatic hydroxyl groups is 1. The number of thiophene rings is 1. The number of aliphatic hydroxyl groups excluding tert-OH is 1. The summed E-state index contributed by atoms with van der Waals surface area (Å²) in [5, 5.41) is 16.8. The molecule has 0 aliphatic heterocycles. The third-order valence-electron chi connectivity index (χ3n) is 2.30. The first-order valence-electron chi connectivity index (χ1n) is 4.54. The monoisotopic (exact) mass is 199 g/mol. The average molecular weight is 199 g/mol. The van der Waals surface area contributed by atoms with E-state index >= 15 is 0 Å². The first-order chi connectivity index (χ1) is 6.11. The second-order valence-electron chi connectivity index (χ2n) is 3.49. The molecule has 0 fully saturated rings. The lowest BCUT2D eigenvalue weighted by atomic mass is 10.2. The lowest BCUT2D eigenvalue weighted by Crippen LogP contribution is -2.34. The summed E-state index contributed by atoms with van der Waals surface area (Å²) in [6.45, 7) is 6.76. The molecule has 1 rings (SSSR count). The Labute approximate surface area is 83.6 Å². The Bertz CT molecular complexity index is 257. The van der Waals surface area contributed by atoms with Crippen LogP contribution in [-0.4, -0.2) is 17.3 Å². The molecule has 0 radical (unpaired) electrons. The highest BCUT2D eigenvalue weighted by molar-refractivity contribution is 7.08. The number of rotatable bonds is 4. The molecule has 2 atom stereocenters. The Balaban J connectivity index is 2.39. The fourth-order valence-electron chi connectivity index (χ4n) is 1.01. The zero-order chi connectivity index (χ0) is 9.84. The van der Waals surface area contributed by atoms with Crippen molar-refractivity contribution in [2.45, 2.75) is 39.5 Å². The second-order valence-corrected chi connectivity index (χ2v) is 4.23. The lowest BCUT2D eigenvalue weighted by molar-refractivity contribution is 0.152. The fourth-order valence-corrected chi connectivity index (χ4v) is 1.87. The normalized spacial score (nSPS) is 15.7. The van der Waals surface area contributed by atoms with E-state index in [2.05, 4.69) is 23.0 Å². The molecule has 1 aromatic rings. The summed E-state index contributed by atoms with van der Waals surface area (Å²) < 4.78 is 0. The minimum absolute atomic E-state index is 0.152. The van der Waals surface area contributed by atoms with Crippen molar-refractivity contribution < 1.29 is 5.11 Å². The van der Waals surface area contributed by atoms with Gasteiger partial charge in [-0.25, -0.2) is 0 Å². The van der Waals surface area contributed by atoms with Gasteiger partial charge in [-0.15, -0.1) is 0 Å². The maximum Gasteiger partial charge on any atom is 0.0662 e. The van der Waals surface area contributed by atoms with Gasteiger partial charge in [0.15, 0.2) is 0 Å². The van der Waals surface area contributed by atoms with Crippen LogP contribution >= 0.6 is 11.3 Å². The third-order valence-corrected chi connectivity index (χ3v) is 3.21. The minimum atomic E-state index is -0.293. The van der Waals surface area contributed by atoms with Crippen molar-refractivity contribution in [3.63, 3.8) is 0 Å². The quantitative estimate of drug-likeness (QED) is 0.776. The zero-order valence-electron chi connectivity index (χ0n) is 8.37. The summed E-state index contributed by atoms with van der Waals surface area (Å²) in [7, 11) is 0. The predicted octanol–water partition coefficient (Wildman–Crippen LogP) is 1.92. The van der Waals surface area contributed by atoms with Gasteiger partial charge in [-0.2, -0.15) is 11.3 Å². The van der Waals surface area contributed by atoms with E-state index in [4.69, 9.17) is 0 Å². The van der Waals surface area contributed by atoms with Crippen molar-refractivity contribution in [1.82, 2.24) is 5.32 Å². The molecule has 0 amide bonds. The van der Waals surface area contributed by atoms with Gasteiger partial charge in [0.1, 0.15) is 0 Å². The van der Waals surface area contributed by atoms with Crippen LogP contribution in [0.1, 0.15) is 25.0 Å². The molecular weight excluding hydrogens is 182 g/mol. The van der Waals surface area contributed by atoms with Crippen molar-refractivity contribution in [2.24, 2.45) is 0 Å². The van der Waals surface area contributed by atoms with E-state index in [0.29, 0.717) is 0 Å². The molecule has 74 valence electrons. The smallest absolute Gasteiger partial charge is 0.0662 e. The molecule has 3 heteroatoms. The molecule has 13 heavy (non-hydrogen) atoms. The topological polar surface area (TPSA) is 32.3 Å². The highest BCUT2D eigenvalue weighted by Crippen LogP contribution is 2.13. The lowest BCUT2D eigenvalue weighted by Gasteiger charge is -2.16. The molecule has 0 aromatic carbocycles. The number of hydrogen-bond acceptors (Lipinski definition) is 3. The van der Waals surface area contributed by atoms with Crippen LogP contribution in [0, 0.1) is 6.92 Å². The Morgan fingerprint density at radius 1 is 1.46 bits per heavy atom. The van der Waals surface area contributed by atoms with Gasteiger partial charge in [-0.1, -0.05) is 0 Å². The standard InChI is InChI=1S/C10H17NOS/c1-7-5-13-6-10(7)4-11-8(2)9(3)12/h5-6,8-9,11-12H,4H2,1-3H3. The van der Waals surface area contributed by atoms with Crippen molar-refractivity contribution in [2.75, 3.05) is 0 Å². The highest BCUT2D eigenvalue weighted by Gasteiger charge is 2.08. The third kappa shape index (κ3) is 3.10. The van der Waals surface area contributed by atoms with Crippen LogP contribution in [0.4, 0.5) is 0 Å². The number of aryl methyl sites for hydroxylation is 1. The van der Waals surface area contributed by atoms with E-state index in [0.717, 1.165) is 6.54 Å². The van der Waals surface area contributed by atoms with E-state index in [9.17, 15) is 5.11 Å². The number of hydrogen-bond donors (Lipinski definition) is 2. The van der Waals surface area contributed by atoms with Gasteiger partial charge in [-0.05, 0) is 42.7 Å². The fraction of sp³-hybridized carbons (Fsp3) is 0.600. The van der Waals surface area contributed by atoms with E-state index in [1.165, 1.54) is 11.1 Å². The Hall–Kier alpha value is -0.380. The van der Waals surface area contributed by atoms with Gasteiger partial charge in [0, 0.05) is 12.6 Å². The van der Waals surface area contributed by atoms with Gasteiger partial charge in [0.2, 0.25) is 0 Å². The van der Waals surface area contributed by atoms with Crippen molar-refractivity contribution in [3.05, 3.63) is 21.9 Å². The van der Waals surface area contributed by atoms with E-state index in [1.54, 1.807) is 18.3 Å². The van der Waals surface area contributed by atoms with Crippen molar-refractivity contribution in [1.29, 1.82) is 0 Å². The highest BCUT2D eigenvalue weighted by atomic mass is 32.1. The maximum atomic E-state index is 9.26. The Morgan fingerprint density at radius 2 is 2.15 bits per heavy atom. The Morgan fingerprint density at radius 3 is 2.62 bits per heavy atom. The van der Waals surface area contributed by atoms with Crippen molar-refractivity contribution >= 4 is 11.3 Å². The number of nitrogens with one attached hydrogen (secondary N) is 1. The van der Waals surface area contributed by atoms with Gasteiger partial charge in [0.25, 0.3) is 0 Å². The summed E-state index contributed by atoms with van der Waals surface area (Å²) in [4.78, 5) is 0. The van der Waals surface area contributed by atoms with Crippen LogP contribution in [0.15, 0.2) is 10.8 Å². The van der Waals surface area contributed by atoms with E-state index < -0.39 is 0 Å².